The molecule has 13 rings (SSSR count). The molecule has 10 aromatic rings. The molecule has 1 fully saturated rings. The molecule has 0 amide bonds. The molecule has 0 N–H and O–H groups in total. The molecule has 0 bridgehead atoms. The second-order valence-electron chi connectivity index (χ2n) is 18.3. The van der Waals surface area contributed by atoms with Crippen molar-refractivity contribution in [1.29, 1.82) is 0 Å². The Hall–Kier alpha value is -7.62. The molecule has 2 aliphatic heterocycles. The molecule has 0 radical (unpaired) electrons. The third-order valence-corrected chi connectivity index (χ3v) is 14.6. The Morgan fingerprint density at radius 3 is 1.45 bits per heavy atom. The Balaban J connectivity index is 1.07. The summed E-state index contributed by atoms with van der Waals surface area (Å²) in [5.41, 5.74) is 20.3. The Bertz CT molecular complexity index is 3410. The van der Waals surface area contributed by atoms with Gasteiger partial charge in [0, 0.05) is 34.1 Å². The molecule has 10 aromatic carbocycles. The lowest BCUT2D eigenvalue weighted by atomic mass is 9.33. The number of para-hydroxylation sites is 1. The summed E-state index contributed by atoms with van der Waals surface area (Å²) in [7, 11) is 0. The molecule has 308 valence electrons. The fraction of sp³-hybridized carbons (Fsp3) is 0.0968. The van der Waals surface area contributed by atoms with E-state index in [4.69, 9.17) is 0 Å². The lowest BCUT2D eigenvalue weighted by Gasteiger charge is -2.45. The van der Waals surface area contributed by atoms with Crippen molar-refractivity contribution in [3.8, 4) is 33.4 Å². The van der Waals surface area contributed by atoms with Crippen LogP contribution in [0.15, 0.2) is 218 Å². The van der Waals surface area contributed by atoms with E-state index in [0.29, 0.717) is 5.92 Å². The number of hydrogen-bond donors (Lipinski definition) is 0. The van der Waals surface area contributed by atoms with E-state index in [1.165, 1.54) is 143 Å². The van der Waals surface area contributed by atoms with Gasteiger partial charge in [0.15, 0.2) is 0 Å². The highest BCUT2D eigenvalue weighted by Crippen LogP contribution is 2.48. The predicted molar refractivity (Wildman–Crippen MR) is 278 cm³/mol. The molecule has 2 nitrogen and oxygen atoms in total. The summed E-state index contributed by atoms with van der Waals surface area (Å²) in [6.45, 7) is 0.0113. The minimum absolute atomic E-state index is 0.0113. The normalized spacial score (nSPS) is 14.3. The Morgan fingerprint density at radius 2 is 0.846 bits per heavy atom. The zero-order valence-corrected chi connectivity index (χ0v) is 36.4. The quantitative estimate of drug-likeness (QED) is 0.122. The minimum atomic E-state index is 0.0113. The number of anilines is 6. The van der Waals surface area contributed by atoms with E-state index in [2.05, 4.69) is 228 Å². The summed E-state index contributed by atoms with van der Waals surface area (Å²) in [5, 5.41) is 5.13. The van der Waals surface area contributed by atoms with Crippen molar-refractivity contribution in [2.75, 3.05) is 9.80 Å². The largest absolute Gasteiger partial charge is 0.311 e. The smallest absolute Gasteiger partial charge is 0.252 e. The van der Waals surface area contributed by atoms with Gasteiger partial charge in [-0.2, -0.15) is 0 Å². The topological polar surface area (TPSA) is 6.48 Å². The fourth-order valence-electron chi connectivity index (χ4n) is 11.5. The van der Waals surface area contributed by atoms with Crippen molar-refractivity contribution in [3.63, 3.8) is 0 Å². The first-order valence-corrected chi connectivity index (χ1v) is 23.5. The van der Waals surface area contributed by atoms with Crippen LogP contribution in [0.1, 0.15) is 43.6 Å². The molecule has 0 spiro atoms. The third-order valence-electron chi connectivity index (χ3n) is 14.6. The lowest BCUT2D eigenvalue weighted by molar-refractivity contribution is 0.444. The van der Waals surface area contributed by atoms with E-state index in [1.807, 2.05) is 0 Å². The number of nitrogens with zero attached hydrogens (tertiary/aromatic N) is 2. The number of benzene rings is 10. The van der Waals surface area contributed by atoms with Gasteiger partial charge in [-0.1, -0.05) is 183 Å². The maximum absolute atomic E-state index is 2.60. The van der Waals surface area contributed by atoms with Gasteiger partial charge >= 0.3 is 0 Å². The van der Waals surface area contributed by atoms with E-state index >= 15 is 0 Å². The van der Waals surface area contributed by atoms with Crippen LogP contribution < -0.4 is 26.2 Å². The maximum Gasteiger partial charge on any atom is 0.252 e. The van der Waals surface area contributed by atoms with Gasteiger partial charge in [-0.25, -0.2) is 0 Å². The second kappa shape index (κ2) is 15.6. The monoisotopic (exact) mass is 830 g/mol. The fourth-order valence-corrected chi connectivity index (χ4v) is 11.5. The van der Waals surface area contributed by atoms with Crippen LogP contribution in [0.25, 0.3) is 54.9 Å². The van der Waals surface area contributed by atoms with Gasteiger partial charge in [0.25, 0.3) is 6.71 Å². The number of hydrogen-bond acceptors (Lipinski definition) is 2. The molecule has 1 saturated carbocycles. The highest BCUT2D eigenvalue weighted by atomic mass is 15.2. The molecular formula is C62H47BN2. The van der Waals surface area contributed by atoms with Crippen LogP contribution >= 0.6 is 0 Å². The van der Waals surface area contributed by atoms with Crippen molar-refractivity contribution in [2.24, 2.45) is 0 Å². The van der Waals surface area contributed by atoms with Crippen LogP contribution in [0.2, 0.25) is 0 Å². The van der Waals surface area contributed by atoms with Crippen LogP contribution in [0, 0.1) is 0 Å². The summed E-state index contributed by atoms with van der Waals surface area (Å²) >= 11 is 0. The van der Waals surface area contributed by atoms with Gasteiger partial charge in [-0.05, 0) is 150 Å². The number of fused-ring (bicyclic) bond motifs is 7. The summed E-state index contributed by atoms with van der Waals surface area (Å²) in [5.74, 6) is 0.524. The molecular weight excluding hydrogens is 784 g/mol. The number of rotatable bonds is 6. The third kappa shape index (κ3) is 6.32. The molecule has 65 heavy (non-hydrogen) atoms. The average molecular weight is 831 g/mol. The van der Waals surface area contributed by atoms with E-state index in [-0.39, 0.29) is 6.71 Å². The highest BCUT2D eigenvalue weighted by Gasteiger charge is 2.44. The first-order chi connectivity index (χ1) is 32.2. The van der Waals surface area contributed by atoms with Gasteiger partial charge in [-0.3, -0.25) is 0 Å². The average Bonchev–Trinajstić information content (AvgIpc) is 3.39. The first kappa shape index (κ1) is 37.9. The summed E-state index contributed by atoms with van der Waals surface area (Å²) in [6.07, 6.45) is 6.36. The van der Waals surface area contributed by atoms with Crippen LogP contribution in [-0.2, 0) is 0 Å². The summed E-state index contributed by atoms with van der Waals surface area (Å²) < 4.78 is 0. The SMILES string of the molecule is c1ccc(-c2ccc3c(c2)B2c4cc(-c5ccccc5)ccc4N(c4ccc(-c5cc6ccccc6c6ccccc56)cc4)c4cc(C5CCCCC5)cc(c42)N3c2ccccc2)cc1. The lowest BCUT2D eigenvalue weighted by Crippen LogP contribution is -2.61. The van der Waals surface area contributed by atoms with Crippen molar-refractivity contribution < 1.29 is 0 Å². The Kier molecular flexibility index (Phi) is 9.08. The second-order valence-corrected chi connectivity index (χ2v) is 18.3. The van der Waals surface area contributed by atoms with Crippen LogP contribution in [0.5, 0.6) is 0 Å². The van der Waals surface area contributed by atoms with Gasteiger partial charge in [-0.15, -0.1) is 0 Å². The van der Waals surface area contributed by atoms with Crippen LogP contribution in [0.4, 0.5) is 34.1 Å². The summed E-state index contributed by atoms with van der Waals surface area (Å²) in [4.78, 5) is 5.17. The molecule has 0 unspecified atom stereocenters. The van der Waals surface area contributed by atoms with E-state index in [9.17, 15) is 0 Å². The zero-order chi connectivity index (χ0) is 42.8. The Morgan fingerprint density at radius 1 is 0.354 bits per heavy atom. The Labute approximate surface area is 382 Å². The van der Waals surface area contributed by atoms with Crippen LogP contribution in [0.3, 0.4) is 0 Å². The van der Waals surface area contributed by atoms with E-state index < -0.39 is 0 Å². The standard InChI is InChI=1S/C62H47BN2/c1-5-17-42(18-6-1)46-31-35-58-56(38-46)63-57-39-47(43-19-7-2-8-20-43)32-36-59(57)65(51-33-29-45(30-34-51)55-37-48-23-13-14-26-52(48)53-27-15-16-28-54(53)55)61-41-49(44-21-9-3-10-22-44)40-60(62(61)63)64(58)50-24-11-4-12-25-50/h1-2,4-8,11-20,23-41,44H,3,9-10,21-22H2. The van der Waals surface area contributed by atoms with Crippen molar-refractivity contribution in [3.05, 3.63) is 224 Å². The van der Waals surface area contributed by atoms with E-state index in [0.717, 1.165) is 0 Å². The van der Waals surface area contributed by atoms with Crippen molar-refractivity contribution >= 4 is 78.8 Å². The van der Waals surface area contributed by atoms with Gasteiger partial charge in [0.05, 0.1) is 0 Å². The van der Waals surface area contributed by atoms with Crippen molar-refractivity contribution in [2.45, 2.75) is 38.0 Å². The van der Waals surface area contributed by atoms with Gasteiger partial charge in [0.2, 0.25) is 0 Å². The highest BCUT2D eigenvalue weighted by molar-refractivity contribution is 7.00. The van der Waals surface area contributed by atoms with Gasteiger partial charge < -0.3 is 9.80 Å². The predicted octanol–water partition coefficient (Wildman–Crippen LogP) is 15.1. The summed E-state index contributed by atoms with van der Waals surface area (Å²) in [6, 6.07) is 82.0. The molecule has 3 aliphatic rings. The van der Waals surface area contributed by atoms with Gasteiger partial charge in [0.1, 0.15) is 0 Å². The van der Waals surface area contributed by atoms with Crippen LogP contribution in [-0.4, -0.2) is 6.71 Å². The molecule has 1 aliphatic carbocycles. The zero-order valence-electron chi connectivity index (χ0n) is 36.4. The minimum Gasteiger partial charge on any atom is -0.311 e. The maximum atomic E-state index is 2.60. The molecule has 2 heterocycles. The molecule has 3 heteroatoms. The molecule has 0 atom stereocenters. The van der Waals surface area contributed by atoms with E-state index in [1.54, 1.807) is 0 Å². The first-order valence-electron chi connectivity index (χ1n) is 23.5. The molecule has 0 saturated heterocycles. The molecule has 0 aromatic heterocycles. The van der Waals surface area contributed by atoms with Crippen molar-refractivity contribution in [1.82, 2.24) is 0 Å².